The number of benzene rings is 2. The largest absolute Gasteiger partial charge is 0.493 e. The Labute approximate surface area is 160 Å². The summed E-state index contributed by atoms with van der Waals surface area (Å²) in [5.74, 6) is -0.860. The van der Waals surface area contributed by atoms with Crippen LogP contribution in [0.5, 0.6) is 11.6 Å². The predicted octanol–water partition coefficient (Wildman–Crippen LogP) is 4.53. The third kappa shape index (κ3) is 3.68. The maximum atomic E-state index is 12.0. The molecule has 0 unspecified atom stereocenters. The first-order valence-electron chi connectivity index (χ1n) is 8.52. The summed E-state index contributed by atoms with van der Waals surface area (Å²) in [6, 6.07) is 13.0. The van der Waals surface area contributed by atoms with E-state index in [1.54, 1.807) is 22.8 Å². The number of rotatable bonds is 6. The van der Waals surface area contributed by atoms with Crippen LogP contribution in [0.2, 0.25) is 0 Å². The van der Waals surface area contributed by atoms with E-state index in [1.165, 1.54) is 18.2 Å². The van der Waals surface area contributed by atoms with Crippen LogP contribution in [0.3, 0.4) is 0 Å². The Kier molecular flexibility index (Phi) is 5.35. The van der Waals surface area contributed by atoms with E-state index in [4.69, 9.17) is 4.74 Å². The summed E-state index contributed by atoms with van der Waals surface area (Å²) in [7, 11) is 0. The topological polar surface area (TPSA) is 119 Å². The molecule has 0 spiro atoms. The molecule has 28 heavy (non-hydrogen) atoms. The monoisotopic (exact) mass is 382 g/mol. The second-order valence-corrected chi connectivity index (χ2v) is 6.26. The van der Waals surface area contributed by atoms with Crippen LogP contribution in [0.25, 0.3) is 10.9 Å². The minimum absolute atomic E-state index is 0.0217. The van der Waals surface area contributed by atoms with Crippen LogP contribution in [0, 0.1) is 10.1 Å². The molecular formula is C19H18N4O5. The maximum Gasteiger partial charge on any atom is 0.310 e. The normalized spacial score (nSPS) is 11.4. The van der Waals surface area contributed by atoms with Crippen molar-refractivity contribution in [1.29, 1.82) is 0 Å². The molecule has 144 valence electrons. The van der Waals surface area contributed by atoms with Crippen molar-refractivity contribution < 1.29 is 19.6 Å². The molecule has 0 aliphatic rings. The minimum Gasteiger partial charge on any atom is -0.493 e. The van der Waals surface area contributed by atoms with Gasteiger partial charge < -0.3 is 14.4 Å². The first kappa shape index (κ1) is 19.0. The third-order valence-corrected chi connectivity index (χ3v) is 4.05. The number of carbonyl (C=O) groups excluding carboxylic acids is 1. The van der Waals surface area contributed by atoms with Crippen LogP contribution in [0.1, 0.15) is 19.9 Å². The number of hydrogen-bond acceptors (Lipinski definition) is 6. The smallest absolute Gasteiger partial charge is 0.310 e. The molecule has 0 saturated carbocycles. The van der Waals surface area contributed by atoms with Gasteiger partial charge in [0.15, 0.2) is 18.0 Å². The maximum absolute atomic E-state index is 12.0. The van der Waals surface area contributed by atoms with Crippen LogP contribution < -0.4 is 4.74 Å². The molecule has 9 nitrogen and oxygen atoms in total. The lowest BCUT2D eigenvalue weighted by atomic mass is 10.2. The van der Waals surface area contributed by atoms with Crippen molar-refractivity contribution in [3.8, 4) is 11.6 Å². The van der Waals surface area contributed by atoms with E-state index in [0.717, 1.165) is 5.52 Å². The lowest BCUT2D eigenvalue weighted by Gasteiger charge is -2.10. The van der Waals surface area contributed by atoms with E-state index >= 15 is 0 Å². The van der Waals surface area contributed by atoms with E-state index in [2.05, 4.69) is 10.2 Å². The van der Waals surface area contributed by atoms with Crippen LogP contribution in [0.4, 0.5) is 11.4 Å². The third-order valence-electron chi connectivity index (χ3n) is 4.05. The molecule has 9 heteroatoms. The summed E-state index contributed by atoms with van der Waals surface area (Å²) in [6.07, 6.45) is 0. The Morgan fingerprint density at radius 2 is 1.89 bits per heavy atom. The summed E-state index contributed by atoms with van der Waals surface area (Å²) in [5, 5.41) is 29.6. The molecule has 3 aromatic rings. The molecule has 0 aliphatic carbocycles. The van der Waals surface area contributed by atoms with E-state index < -0.39 is 17.4 Å². The van der Waals surface area contributed by atoms with Gasteiger partial charge in [0.05, 0.1) is 10.4 Å². The number of nitro benzene ring substituents is 1. The predicted molar refractivity (Wildman–Crippen MR) is 102 cm³/mol. The van der Waals surface area contributed by atoms with Gasteiger partial charge in [-0.05, 0) is 26.0 Å². The Morgan fingerprint density at radius 3 is 2.61 bits per heavy atom. The van der Waals surface area contributed by atoms with Gasteiger partial charge in [0.25, 0.3) is 0 Å². The van der Waals surface area contributed by atoms with Gasteiger partial charge in [-0.3, -0.25) is 14.9 Å². The van der Waals surface area contributed by atoms with Gasteiger partial charge in [0, 0.05) is 17.5 Å². The van der Waals surface area contributed by atoms with E-state index in [0.29, 0.717) is 5.39 Å². The molecule has 0 saturated heterocycles. The molecule has 0 fully saturated rings. The van der Waals surface area contributed by atoms with Gasteiger partial charge in [-0.1, -0.05) is 30.3 Å². The SMILES string of the molecule is CC(C)n1c(O)c(N=NC(=O)COc2ccccc2[N+](=O)[O-])c2ccccc21. The van der Waals surface area contributed by atoms with Crippen molar-refractivity contribution >= 4 is 28.2 Å². The van der Waals surface area contributed by atoms with Crippen molar-refractivity contribution in [3.05, 3.63) is 58.6 Å². The van der Waals surface area contributed by atoms with Gasteiger partial charge in [-0.2, -0.15) is 0 Å². The number of aromatic hydroxyl groups is 1. The molecule has 1 aromatic heterocycles. The van der Waals surface area contributed by atoms with Crippen LogP contribution in [-0.4, -0.2) is 27.1 Å². The van der Waals surface area contributed by atoms with Gasteiger partial charge in [-0.15, -0.1) is 10.2 Å². The molecule has 0 bridgehead atoms. The molecule has 0 aliphatic heterocycles. The highest BCUT2D eigenvalue weighted by Crippen LogP contribution is 2.40. The van der Waals surface area contributed by atoms with Crippen molar-refractivity contribution in [3.63, 3.8) is 0 Å². The van der Waals surface area contributed by atoms with Gasteiger partial charge >= 0.3 is 11.6 Å². The van der Waals surface area contributed by atoms with Crippen molar-refractivity contribution in [2.45, 2.75) is 19.9 Å². The number of azo groups is 1. The zero-order valence-electron chi connectivity index (χ0n) is 15.3. The van der Waals surface area contributed by atoms with Crippen molar-refractivity contribution in [2.75, 3.05) is 6.61 Å². The Balaban J connectivity index is 1.80. The zero-order chi connectivity index (χ0) is 20.3. The van der Waals surface area contributed by atoms with Gasteiger partial charge in [-0.25, -0.2) is 0 Å². The molecule has 3 rings (SSSR count). The van der Waals surface area contributed by atoms with E-state index in [9.17, 15) is 20.0 Å². The van der Waals surface area contributed by atoms with Crippen LogP contribution in [0.15, 0.2) is 58.8 Å². The first-order chi connectivity index (χ1) is 13.4. The summed E-state index contributed by atoms with van der Waals surface area (Å²) in [4.78, 5) is 22.4. The summed E-state index contributed by atoms with van der Waals surface area (Å²) in [5.41, 5.74) is 0.709. The zero-order valence-corrected chi connectivity index (χ0v) is 15.3. The van der Waals surface area contributed by atoms with Crippen LogP contribution >= 0.6 is 0 Å². The molecule has 0 radical (unpaired) electrons. The summed E-state index contributed by atoms with van der Waals surface area (Å²) >= 11 is 0. The number of carbonyl (C=O) groups is 1. The fourth-order valence-corrected chi connectivity index (χ4v) is 2.86. The first-order valence-corrected chi connectivity index (χ1v) is 8.52. The lowest BCUT2D eigenvalue weighted by Crippen LogP contribution is -2.09. The fraction of sp³-hybridized carbons (Fsp3) is 0.211. The lowest BCUT2D eigenvalue weighted by molar-refractivity contribution is -0.385. The van der Waals surface area contributed by atoms with Crippen molar-refractivity contribution in [1.82, 2.24) is 4.57 Å². The average Bonchev–Trinajstić information content (AvgIpc) is 2.96. The van der Waals surface area contributed by atoms with Gasteiger partial charge in [0.2, 0.25) is 5.88 Å². The number of aromatic nitrogens is 1. The van der Waals surface area contributed by atoms with Gasteiger partial charge in [0.1, 0.15) is 0 Å². The number of nitro groups is 1. The average molecular weight is 382 g/mol. The summed E-state index contributed by atoms with van der Waals surface area (Å²) < 4.78 is 6.89. The second-order valence-electron chi connectivity index (χ2n) is 6.26. The number of nitrogens with zero attached hydrogens (tertiary/aromatic N) is 4. The Bertz CT molecular complexity index is 1070. The van der Waals surface area contributed by atoms with E-state index in [1.807, 2.05) is 26.0 Å². The van der Waals surface area contributed by atoms with Crippen LogP contribution in [-0.2, 0) is 4.79 Å². The number of hydrogen-bond donors (Lipinski definition) is 1. The van der Waals surface area contributed by atoms with E-state index in [-0.39, 0.29) is 29.0 Å². The highest BCUT2D eigenvalue weighted by Gasteiger charge is 2.19. The molecule has 1 heterocycles. The number of ether oxygens (including phenoxy) is 1. The minimum atomic E-state index is -0.737. The quantitative estimate of drug-likeness (QED) is 0.382. The fourth-order valence-electron chi connectivity index (χ4n) is 2.86. The number of para-hydroxylation sites is 3. The number of amides is 1. The molecular weight excluding hydrogens is 364 g/mol. The highest BCUT2D eigenvalue weighted by molar-refractivity contribution is 5.95. The molecule has 0 atom stereocenters. The summed E-state index contributed by atoms with van der Waals surface area (Å²) in [6.45, 7) is 3.32. The Morgan fingerprint density at radius 1 is 1.21 bits per heavy atom. The second kappa shape index (κ2) is 7.87. The standard InChI is InChI=1S/C19H18N4O5/c1-12(2)22-14-8-4-3-7-13(14)18(19(22)25)21-20-17(24)11-28-16-10-6-5-9-15(16)23(26)27/h3-10,12,25H,11H2,1-2H3. The molecule has 1 amide bonds. The Hall–Kier alpha value is -3.75. The molecule has 2 aromatic carbocycles. The number of fused-ring (bicyclic) bond motifs is 1. The molecule has 1 N–H and O–H groups in total. The highest BCUT2D eigenvalue weighted by atomic mass is 16.6. The van der Waals surface area contributed by atoms with Crippen molar-refractivity contribution in [2.24, 2.45) is 10.2 Å².